The van der Waals surface area contributed by atoms with Gasteiger partial charge in [0.25, 0.3) is 11.8 Å². The monoisotopic (exact) mass is 500 g/mol. The Morgan fingerprint density at radius 2 is 1.89 bits per heavy atom. The van der Waals surface area contributed by atoms with Crippen molar-refractivity contribution in [2.75, 3.05) is 49.5 Å². The Balaban J connectivity index is 1.18. The van der Waals surface area contributed by atoms with Crippen LogP contribution in [-0.2, 0) is 11.3 Å². The van der Waals surface area contributed by atoms with Crippen molar-refractivity contribution in [3.8, 4) is 5.75 Å². The van der Waals surface area contributed by atoms with Gasteiger partial charge in [-0.2, -0.15) is 4.39 Å². The van der Waals surface area contributed by atoms with Crippen molar-refractivity contribution < 1.29 is 23.1 Å². The molecule has 0 spiro atoms. The Morgan fingerprint density at radius 1 is 1.14 bits per heavy atom. The van der Waals surface area contributed by atoms with Gasteiger partial charge in [0.05, 0.1) is 11.4 Å². The third kappa shape index (κ3) is 5.12. The summed E-state index contributed by atoms with van der Waals surface area (Å²) < 4.78 is 35.2. The summed E-state index contributed by atoms with van der Waals surface area (Å²) in [5.74, 6) is -1.37. The lowest BCUT2D eigenvalue weighted by molar-refractivity contribution is -0.123. The molecule has 2 aromatic rings. The maximum atomic E-state index is 14.8. The Labute approximate surface area is 208 Å². The smallest absolute Gasteiger partial charge is 0.284 e. The number of aromatic nitrogens is 1. The second-order valence-electron chi connectivity index (χ2n) is 9.35. The van der Waals surface area contributed by atoms with Crippen LogP contribution in [0.5, 0.6) is 5.75 Å². The number of carbonyl (C=O) groups is 2. The van der Waals surface area contributed by atoms with E-state index in [0.29, 0.717) is 61.8 Å². The number of hydrogen-bond donors (Lipinski definition) is 2. The minimum absolute atomic E-state index is 0.0472. The van der Waals surface area contributed by atoms with Gasteiger partial charge in [-0.3, -0.25) is 19.9 Å². The lowest BCUT2D eigenvalue weighted by Gasteiger charge is -2.36. The zero-order valence-electron chi connectivity index (χ0n) is 20.2. The molecule has 2 fully saturated rings. The number of carbonyl (C=O) groups excluding carboxylic acids is 2. The highest BCUT2D eigenvalue weighted by molar-refractivity contribution is 5.97. The van der Waals surface area contributed by atoms with E-state index in [4.69, 9.17) is 4.74 Å². The summed E-state index contributed by atoms with van der Waals surface area (Å²) >= 11 is 0. The zero-order chi connectivity index (χ0) is 25.2. The highest BCUT2D eigenvalue weighted by Gasteiger charge is 2.28. The van der Waals surface area contributed by atoms with Crippen LogP contribution in [0.4, 0.5) is 20.2 Å². The van der Waals surface area contributed by atoms with Crippen LogP contribution < -0.4 is 20.4 Å². The van der Waals surface area contributed by atoms with Crippen LogP contribution in [0.15, 0.2) is 24.3 Å². The van der Waals surface area contributed by atoms with Crippen LogP contribution >= 0.6 is 0 Å². The number of ether oxygens (including phenoxy) is 1. The summed E-state index contributed by atoms with van der Waals surface area (Å²) in [6, 6.07) is 6.08. The molecular formula is C25H30F2N6O3. The summed E-state index contributed by atoms with van der Waals surface area (Å²) in [6.07, 6.45) is 1.94. The minimum Gasteiger partial charge on any atom is -0.478 e. The van der Waals surface area contributed by atoms with Gasteiger partial charge in [0.1, 0.15) is 17.3 Å². The first kappa shape index (κ1) is 24.4. The number of benzene rings is 1. The number of hydrazine groups is 1. The zero-order valence-corrected chi connectivity index (χ0v) is 20.2. The number of hydrogen-bond acceptors (Lipinski definition) is 7. The molecule has 192 valence electrons. The van der Waals surface area contributed by atoms with E-state index in [-0.39, 0.29) is 17.4 Å². The normalized spacial score (nSPS) is 20.6. The Kier molecular flexibility index (Phi) is 7.01. The highest BCUT2D eigenvalue weighted by Crippen LogP contribution is 2.33. The van der Waals surface area contributed by atoms with Crippen molar-refractivity contribution >= 4 is 23.2 Å². The van der Waals surface area contributed by atoms with E-state index in [1.54, 1.807) is 12.1 Å². The van der Waals surface area contributed by atoms with Crippen molar-refractivity contribution in [2.45, 2.75) is 38.8 Å². The largest absolute Gasteiger partial charge is 0.478 e. The van der Waals surface area contributed by atoms with Crippen LogP contribution in [0.25, 0.3) is 0 Å². The van der Waals surface area contributed by atoms with Gasteiger partial charge in [0.15, 0.2) is 6.10 Å². The van der Waals surface area contributed by atoms with Crippen LogP contribution in [0.1, 0.15) is 42.2 Å². The van der Waals surface area contributed by atoms with Crippen molar-refractivity contribution in [1.82, 2.24) is 20.3 Å². The van der Waals surface area contributed by atoms with Crippen molar-refractivity contribution in [3.05, 3.63) is 47.3 Å². The van der Waals surface area contributed by atoms with Crippen molar-refractivity contribution in [3.63, 3.8) is 0 Å². The maximum absolute atomic E-state index is 14.8. The maximum Gasteiger partial charge on any atom is 0.284 e. The molecule has 2 saturated heterocycles. The molecule has 36 heavy (non-hydrogen) atoms. The molecule has 3 aliphatic rings. The lowest BCUT2D eigenvalue weighted by Crippen LogP contribution is -2.46. The SMILES string of the molecule is CCC1Oc2cc(F)c(CN3CCN(c4ccc(C(=O)NN5CCCC5)nc4F)CC3)cc2NC1=O. The van der Waals surface area contributed by atoms with Crippen LogP contribution in [0.3, 0.4) is 0 Å². The Morgan fingerprint density at radius 3 is 2.58 bits per heavy atom. The minimum atomic E-state index is -0.681. The van der Waals surface area contributed by atoms with Crippen molar-refractivity contribution in [1.29, 1.82) is 0 Å². The van der Waals surface area contributed by atoms with Gasteiger partial charge >= 0.3 is 0 Å². The average Bonchev–Trinajstić information content (AvgIpc) is 3.38. The molecule has 3 aliphatic heterocycles. The third-order valence-corrected chi connectivity index (χ3v) is 6.87. The number of nitrogens with zero attached hydrogens (tertiary/aromatic N) is 4. The molecule has 0 bridgehead atoms. The van der Waals surface area contributed by atoms with E-state index >= 15 is 0 Å². The molecule has 11 heteroatoms. The summed E-state index contributed by atoms with van der Waals surface area (Å²) in [7, 11) is 0. The highest BCUT2D eigenvalue weighted by atomic mass is 19.1. The average molecular weight is 501 g/mol. The molecular weight excluding hydrogens is 470 g/mol. The summed E-state index contributed by atoms with van der Waals surface area (Å²) in [5.41, 5.74) is 4.09. The first-order valence-corrected chi connectivity index (χ1v) is 12.4. The molecule has 9 nitrogen and oxygen atoms in total. The number of nitrogens with one attached hydrogen (secondary N) is 2. The molecule has 0 aliphatic carbocycles. The van der Waals surface area contributed by atoms with Crippen LogP contribution in [-0.4, -0.2) is 72.1 Å². The van der Waals surface area contributed by atoms with Crippen LogP contribution in [0.2, 0.25) is 0 Å². The van der Waals surface area contributed by atoms with Crippen molar-refractivity contribution in [2.24, 2.45) is 0 Å². The van der Waals surface area contributed by atoms with Gasteiger partial charge in [-0.05, 0) is 37.5 Å². The number of rotatable bonds is 6. The molecule has 1 atom stereocenters. The van der Waals surface area contributed by atoms with Crippen LogP contribution in [0, 0.1) is 11.8 Å². The molecule has 1 unspecified atom stereocenters. The Hall–Kier alpha value is -3.31. The first-order valence-electron chi connectivity index (χ1n) is 12.4. The fraction of sp³-hybridized carbons (Fsp3) is 0.480. The molecule has 2 amide bonds. The molecule has 5 rings (SSSR count). The number of amides is 2. The van der Waals surface area contributed by atoms with E-state index < -0.39 is 18.0 Å². The summed E-state index contributed by atoms with van der Waals surface area (Å²) in [4.78, 5) is 32.3. The Bertz CT molecular complexity index is 1150. The molecule has 1 aromatic carbocycles. The van der Waals surface area contributed by atoms with E-state index in [1.165, 1.54) is 12.1 Å². The van der Waals surface area contributed by atoms with Gasteiger partial charge in [0, 0.05) is 57.4 Å². The predicted molar refractivity (Wildman–Crippen MR) is 130 cm³/mol. The number of halogens is 2. The van der Waals surface area contributed by atoms with Gasteiger partial charge in [-0.1, -0.05) is 6.92 Å². The second kappa shape index (κ2) is 10.4. The second-order valence-corrected chi connectivity index (χ2v) is 9.35. The summed E-state index contributed by atoms with van der Waals surface area (Å²) in [5, 5.41) is 4.62. The van der Waals surface area contributed by atoms with Gasteiger partial charge in [-0.15, -0.1) is 0 Å². The molecule has 4 heterocycles. The van der Waals surface area contributed by atoms with E-state index in [2.05, 4.69) is 20.6 Å². The summed E-state index contributed by atoms with van der Waals surface area (Å²) in [6.45, 7) is 6.01. The standard InChI is InChI=1S/C25H30F2N6O3/c1-2-21-25(35)29-19-13-16(17(26)14-22(19)36-21)15-31-9-11-32(12-10-31)20-6-5-18(28-23(20)27)24(34)30-33-7-3-4-8-33/h5-6,13-14,21H,2-4,7-12,15H2,1H3,(H,29,35)(H,30,34). The molecule has 1 aromatic heterocycles. The fourth-order valence-electron chi connectivity index (χ4n) is 4.81. The molecule has 0 radical (unpaired) electrons. The lowest BCUT2D eigenvalue weighted by atomic mass is 10.1. The molecule has 0 saturated carbocycles. The van der Waals surface area contributed by atoms with Gasteiger partial charge in [-0.25, -0.2) is 14.4 Å². The van der Waals surface area contributed by atoms with Gasteiger partial charge in [0.2, 0.25) is 5.95 Å². The number of piperazine rings is 1. The molecule has 2 N–H and O–H groups in total. The quantitative estimate of drug-likeness (QED) is 0.590. The van der Waals surface area contributed by atoms with Gasteiger partial charge < -0.3 is 15.0 Å². The van der Waals surface area contributed by atoms with E-state index in [1.807, 2.05) is 16.8 Å². The van der Waals surface area contributed by atoms with E-state index in [0.717, 1.165) is 25.9 Å². The third-order valence-electron chi connectivity index (χ3n) is 6.87. The predicted octanol–water partition coefficient (Wildman–Crippen LogP) is 2.53. The number of pyridine rings is 1. The first-order chi connectivity index (χ1) is 17.4. The number of fused-ring (bicyclic) bond motifs is 1. The topological polar surface area (TPSA) is 90.0 Å². The number of anilines is 2. The fourth-order valence-corrected chi connectivity index (χ4v) is 4.81. The van der Waals surface area contributed by atoms with E-state index in [9.17, 15) is 18.4 Å².